The number of alkyl halides is 3. The Morgan fingerprint density at radius 1 is 1.18 bits per heavy atom. The van der Waals surface area contributed by atoms with Crippen LogP contribution in [-0.4, -0.2) is 15.0 Å². The van der Waals surface area contributed by atoms with Gasteiger partial charge in [0.15, 0.2) is 5.82 Å². The van der Waals surface area contributed by atoms with Gasteiger partial charge in [0.05, 0.1) is 11.3 Å². The summed E-state index contributed by atoms with van der Waals surface area (Å²) in [6.45, 7) is 1.67. The second-order valence-corrected chi connectivity index (χ2v) is 3.52. The van der Waals surface area contributed by atoms with Gasteiger partial charge in [-0.25, -0.2) is 0 Å². The topological polar surface area (TPSA) is 56.7 Å². The van der Waals surface area contributed by atoms with E-state index in [9.17, 15) is 13.2 Å². The molecule has 0 saturated carbocycles. The number of hydrogen-bond donors (Lipinski definition) is 1. The van der Waals surface area contributed by atoms with Crippen molar-refractivity contribution in [3.8, 4) is 5.69 Å². The highest BCUT2D eigenvalue weighted by Gasteiger charge is 2.30. The van der Waals surface area contributed by atoms with Gasteiger partial charge in [-0.3, -0.25) is 0 Å². The van der Waals surface area contributed by atoms with Crippen LogP contribution in [-0.2, 0) is 6.18 Å². The van der Waals surface area contributed by atoms with E-state index in [-0.39, 0.29) is 0 Å². The van der Waals surface area contributed by atoms with Crippen LogP contribution in [0.3, 0.4) is 0 Å². The first-order valence-corrected chi connectivity index (χ1v) is 4.75. The second-order valence-electron chi connectivity index (χ2n) is 3.52. The number of aromatic nitrogens is 3. The van der Waals surface area contributed by atoms with E-state index in [0.29, 0.717) is 17.2 Å². The van der Waals surface area contributed by atoms with Crippen LogP contribution in [0, 0.1) is 6.92 Å². The van der Waals surface area contributed by atoms with Crippen LogP contribution in [0.4, 0.5) is 19.0 Å². The summed E-state index contributed by atoms with van der Waals surface area (Å²) in [6.07, 6.45) is -4.34. The Labute approximate surface area is 94.9 Å². The van der Waals surface area contributed by atoms with Gasteiger partial charge in [0.1, 0.15) is 5.69 Å². The number of hydrogen-bond acceptors (Lipinski definition) is 3. The Balaban J connectivity index is 2.40. The minimum absolute atomic E-state index is 0.310. The molecule has 1 aromatic heterocycles. The molecule has 0 spiro atoms. The van der Waals surface area contributed by atoms with Crippen LogP contribution in [0.2, 0.25) is 0 Å². The summed E-state index contributed by atoms with van der Waals surface area (Å²) in [5, 5.41) is 7.47. The van der Waals surface area contributed by atoms with Gasteiger partial charge in [-0.05, 0) is 31.2 Å². The molecule has 17 heavy (non-hydrogen) atoms. The maximum absolute atomic E-state index is 12.3. The summed E-state index contributed by atoms with van der Waals surface area (Å²) < 4.78 is 38.3. The molecule has 2 aromatic rings. The van der Waals surface area contributed by atoms with Crippen molar-refractivity contribution < 1.29 is 13.2 Å². The molecule has 0 aliphatic rings. The van der Waals surface area contributed by atoms with Crippen molar-refractivity contribution in [1.82, 2.24) is 15.0 Å². The van der Waals surface area contributed by atoms with E-state index in [1.165, 1.54) is 16.8 Å². The molecule has 90 valence electrons. The molecule has 0 saturated heterocycles. The summed E-state index contributed by atoms with van der Waals surface area (Å²) in [5.41, 5.74) is 5.94. The van der Waals surface area contributed by atoms with Gasteiger partial charge in [-0.15, -0.1) is 5.10 Å². The van der Waals surface area contributed by atoms with E-state index in [0.717, 1.165) is 12.1 Å². The van der Waals surface area contributed by atoms with E-state index in [2.05, 4.69) is 10.3 Å². The summed E-state index contributed by atoms with van der Waals surface area (Å²) in [7, 11) is 0. The van der Waals surface area contributed by atoms with Crippen LogP contribution >= 0.6 is 0 Å². The fourth-order valence-electron chi connectivity index (χ4n) is 1.35. The monoisotopic (exact) mass is 242 g/mol. The highest BCUT2D eigenvalue weighted by Crippen LogP contribution is 2.29. The third kappa shape index (κ3) is 2.08. The van der Waals surface area contributed by atoms with Crippen molar-refractivity contribution >= 4 is 5.82 Å². The average molecular weight is 242 g/mol. The normalized spacial score (nSPS) is 11.8. The zero-order chi connectivity index (χ0) is 12.6. The quantitative estimate of drug-likeness (QED) is 0.833. The molecule has 0 amide bonds. The number of nitrogen functional groups attached to an aromatic ring is 1. The van der Waals surface area contributed by atoms with Crippen LogP contribution in [0.15, 0.2) is 24.3 Å². The Morgan fingerprint density at radius 2 is 1.76 bits per heavy atom. The van der Waals surface area contributed by atoms with E-state index in [1.807, 2.05) is 0 Å². The summed E-state index contributed by atoms with van der Waals surface area (Å²) >= 11 is 0. The van der Waals surface area contributed by atoms with Crippen molar-refractivity contribution in [2.75, 3.05) is 5.73 Å². The molecule has 0 aliphatic heterocycles. The molecule has 7 heteroatoms. The van der Waals surface area contributed by atoms with Crippen LogP contribution in [0.25, 0.3) is 5.69 Å². The second kappa shape index (κ2) is 3.76. The zero-order valence-electron chi connectivity index (χ0n) is 8.86. The Bertz CT molecular complexity index is 527. The largest absolute Gasteiger partial charge is 0.416 e. The molecule has 0 fully saturated rings. The third-order valence-electron chi connectivity index (χ3n) is 2.32. The predicted molar refractivity (Wildman–Crippen MR) is 55.5 cm³/mol. The molecule has 4 nitrogen and oxygen atoms in total. The van der Waals surface area contributed by atoms with Gasteiger partial charge in [-0.1, -0.05) is 5.21 Å². The molecule has 1 heterocycles. The fourth-order valence-corrected chi connectivity index (χ4v) is 1.35. The molecule has 2 N–H and O–H groups in total. The average Bonchev–Trinajstić information content (AvgIpc) is 2.59. The van der Waals surface area contributed by atoms with Gasteiger partial charge in [0.25, 0.3) is 0 Å². The fraction of sp³-hybridized carbons (Fsp3) is 0.200. The van der Waals surface area contributed by atoms with E-state index >= 15 is 0 Å². The Kier molecular flexibility index (Phi) is 2.53. The molecule has 2 rings (SSSR count). The van der Waals surface area contributed by atoms with Gasteiger partial charge in [0, 0.05) is 0 Å². The van der Waals surface area contributed by atoms with Gasteiger partial charge in [-0.2, -0.15) is 17.9 Å². The number of aryl methyl sites for hydroxylation is 1. The van der Waals surface area contributed by atoms with Gasteiger partial charge < -0.3 is 5.73 Å². The van der Waals surface area contributed by atoms with Gasteiger partial charge in [0.2, 0.25) is 0 Å². The third-order valence-corrected chi connectivity index (χ3v) is 2.32. The number of halogens is 3. The number of nitrogens with zero attached hydrogens (tertiary/aromatic N) is 3. The summed E-state index contributed by atoms with van der Waals surface area (Å²) in [6, 6.07) is 4.55. The Hall–Kier alpha value is -2.05. The lowest BCUT2D eigenvalue weighted by atomic mass is 10.2. The minimum Gasteiger partial charge on any atom is -0.382 e. The molecule has 0 bridgehead atoms. The molecule has 1 aromatic carbocycles. The zero-order valence-corrected chi connectivity index (χ0v) is 8.86. The van der Waals surface area contributed by atoms with Crippen LogP contribution in [0.1, 0.15) is 11.3 Å². The minimum atomic E-state index is -4.34. The number of nitrogens with two attached hydrogens (primary N) is 1. The van der Waals surface area contributed by atoms with Crippen molar-refractivity contribution in [3.63, 3.8) is 0 Å². The molecular formula is C10H9F3N4. The maximum Gasteiger partial charge on any atom is 0.416 e. The van der Waals surface area contributed by atoms with E-state index in [1.54, 1.807) is 6.92 Å². The smallest absolute Gasteiger partial charge is 0.382 e. The molecule has 0 unspecified atom stereocenters. The SMILES string of the molecule is Cc1nnn(-c2ccc(C(F)(F)F)cc2)c1N. The summed E-state index contributed by atoms with van der Waals surface area (Å²) in [4.78, 5) is 0. The van der Waals surface area contributed by atoms with Gasteiger partial charge >= 0.3 is 6.18 Å². The highest BCUT2D eigenvalue weighted by atomic mass is 19.4. The molecule has 0 radical (unpaired) electrons. The first-order valence-electron chi connectivity index (χ1n) is 4.75. The van der Waals surface area contributed by atoms with Crippen LogP contribution < -0.4 is 5.73 Å². The standard InChI is InChI=1S/C10H9F3N4/c1-6-9(14)17(16-15-6)8-4-2-7(3-5-8)10(11,12)13/h2-5H,14H2,1H3. The number of benzene rings is 1. The number of anilines is 1. The highest BCUT2D eigenvalue weighted by molar-refractivity contribution is 5.44. The molecule has 0 aliphatic carbocycles. The summed E-state index contributed by atoms with van der Waals surface area (Å²) in [5.74, 6) is 0.310. The lowest BCUT2D eigenvalue weighted by Crippen LogP contribution is -2.06. The van der Waals surface area contributed by atoms with Crippen molar-refractivity contribution in [3.05, 3.63) is 35.5 Å². The molecule has 0 atom stereocenters. The Morgan fingerprint density at radius 3 is 2.18 bits per heavy atom. The number of rotatable bonds is 1. The lowest BCUT2D eigenvalue weighted by molar-refractivity contribution is -0.137. The van der Waals surface area contributed by atoms with Crippen molar-refractivity contribution in [2.24, 2.45) is 0 Å². The maximum atomic E-state index is 12.3. The lowest BCUT2D eigenvalue weighted by Gasteiger charge is -2.07. The first kappa shape index (κ1) is 11.4. The van der Waals surface area contributed by atoms with Crippen molar-refractivity contribution in [2.45, 2.75) is 13.1 Å². The van der Waals surface area contributed by atoms with E-state index in [4.69, 9.17) is 5.73 Å². The van der Waals surface area contributed by atoms with Crippen molar-refractivity contribution in [1.29, 1.82) is 0 Å². The van der Waals surface area contributed by atoms with E-state index < -0.39 is 11.7 Å². The van der Waals surface area contributed by atoms with Crippen LogP contribution in [0.5, 0.6) is 0 Å². The molecular weight excluding hydrogens is 233 g/mol. The first-order chi connectivity index (χ1) is 7.89. The predicted octanol–water partition coefficient (Wildman–Crippen LogP) is 2.18.